The third-order valence-electron chi connectivity index (χ3n) is 3.48. The number of amides is 2. The quantitative estimate of drug-likeness (QED) is 0.696. The largest absolute Gasteiger partial charge is 0.326 e. The van der Waals surface area contributed by atoms with Crippen molar-refractivity contribution in [2.24, 2.45) is 5.41 Å². The topological polar surface area (TPSA) is 58.2 Å². The number of aryl methyl sites for hydroxylation is 1. The summed E-state index contributed by atoms with van der Waals surface area (Å²) < 4.78 is 0. The Morgan fingerprint density at radius 3 is 2.19 bits per heavy atom. The zero-order valence-corrected chi connectivity index (χ0v) is 16.6. The minimum absolute atomic E-state index is 0.00293. The van der Waals surface area contributed by atoms with Crippen LogP contribution < -0.4 is 10.6 Å². The molecule has 0 heterocycles. The number of carbonyl (C=O) groups excluding carboxylic acids is 2. The molecule has 0 saturated carbocycles. The first-order chi connectivity index (χ1) is 12.2. The number of anilines is 2. The van der Waals surface area contributed by atoms with Crippen LogP contribution in [0, 0.1) is 12.3 Å². The van der Waals surface area contributed by atoms with E-state index in [2.05, 4.69) is 10.6 Å². The summed E-state index contributed by atoms with van der Waals surface area (Å²) in [5.74, 6) is 0.257. The van der Waals surface area contributed by atoms with Gasteiger partial charge < -0.3 is 10.6 Å². The first-order valence-corrected chi connectivity index (χ1v) is 9.59. The smallest absolute Gasteiger partial charge is 0.234 e. The lowest BCUT2D eigenvalue weighted by molar-refractivity contribution is -0.118. The van der Waals surface area contributed by atoms with Gasteiger partial charge in [-0.1, -0.05) is 39.0 Å². The normalized spacial score (nSPS) is 11.1. The number of thioether (sulfide) groups is 1. The Hall–Kier alpha value is -2.27. The molecule has 26 heavy (non-hydrogen) atoms. The van der Waals surface area contributed by atoms with Crippen LogP contribution >= 0.6 is 11.8 Å². The van der Waals surface area contributed by atoms with Gasteiger partial charge >= 0.3 is 0 Å². The molecule has 0 aromatic heterocycles. The van der Waals surface area contributed by atoms with Crippen molar-refractivity contribution in [2.45, 2.75) is 39.0 Å². The molecule has 0 unspecified atom stereocenters. The number of hydrogen-bond acceptors (Lipinski definition) is 3. The average molecular weight is 371 g/mol. The Morgan fingerprint density at radius 1 is 0.923 bits per heavy atom. The average Bonchev–Trinajstić information content (AvgIpc) is 2.51. The lowest BCUT2D eigenvalue weighted by Crippen LogP contribution is -2.19. The third-order valence-corrected chi connectivity index (χ3v) is 4.47. The number of benzene rings is 2. The molecule has 0 spiro atoms. The van der Waals surface area contributed by atoms with Gasteiger partial charge in [-0.05, 0) is 48.2 Å². The number of rotatable bonds is 6. The van der Waals surface area contributed by atoms with E-state index in [4.69, 9.17) is 0 Å². The molecule has 138 valence electrons. The first-order valence-electron chi connectivity index (χ1n) is 8.60. The standard InChI is InChI=1S/C21H26N2O2S/c1-15-7-5-8-16(11-15)23-20(25)14-26-18-10-6-9-17(12-18)22-19(24)13-21(2,3)4/h5-12H,13-14H2,1-4H3,(H,22,24)(H,23,25). The highest BCUT2D eigenvalue weighted by Crippen LogP contribution is 2.24. The lowest BCUT2D eigenvalue weighted by Gasteiger charge is -2.17. The van der Waals surface area contributed by atoms with E-state index in [-0.39, 0.29) is 17.2 Å². The van der Waals surface area contributed by atoms with Gasteiger partial charge in [-0.2, -0.15) is 0 Å². The highest BCUT2D eigenvalue weighted by atomic mass is 32.2. The van der Waals surface area contributed by atoms with Gasteiger partial charge in [0.15, 0.2) is 0 Å². The zero-order chi connectivity index (χ0) is 19.2. The SMILES string of the molecule is Cc1cccc(NC(=O)CSc2cccc(NC(=O)CC(C)(C)C)c2)c1. The second-order valence-electron chi connectivity index (χ2n) is 7.52. The van der Waals surface area contributed by atoms with Crippen molar-refractivity contribution in [1.82, 2.24) is 0 Å². The maximum Gasteiger partial charge on any atom is 0.234 e. The fourth-order valence-corrected chi connectivity index (χ4v) is 3.17. The fourth-order valence-electron chi connectivity index (χ4n) is 2.42. The van der Waals surface area contributed by atoms with Crippen molar-refractivity contribution in [2.75, 3.05) is 16.4 Å². The highest BCUT2D eigenvalue weighted by molar-refractivity contribution is 8.00. The molecule has 0 atom stereocenters. The van der Waals surface area contributed by atoms with Crippen LogP contribution in [0.2, 0.25) is 0 Å². The van der Waals surface area contributed by atoms with Crippen LogP contribution in [0.15, 0.2) is 53.4 Å². The van der Waals surface area contributed by atoms with Gasteiger partial charge in [0.25, 0.3) is 0 Å². The zero-order valence-electron chi connectivity index (χ0n) is 15.8. The Bertz CT molecular complexity index is 782. The van der Waals surface area contributed by atoms with Crippen LogP contribution in [-0.4, -0.2) is 17.6 Å². The Kier molecular flexibility index (Phi) is 6.86. The summed E-state index contributed by atoms with van der Waals surface area (Å²) in [4.78, 5) is 25.1. The Morgan fingerprint density at radius 2 is 1.54 bits per heavy atom. The van der Waals surface area contributed by atoms with E-state index in [1.807, 2.05) is 76.2 Å². The molecule has 0 aliphatic carbocycles. The number of nitrogens with one attached hydrogen (secondary N) is 2. The third kappa shape index (κ3) is 7.31. The van der Waals surface area contributed by atoms with Crippen LogP contribution in [0.3, 0.4) is 0 Å². The Balaban J connectivity index is 1.88. The molecule has 0 bridgehead atoms. The van der Waals surface area contributed by atoms with Crippen molar-refractivity contribution >= 4 is 35.0 Å². The van der Waals surface area contributed by atoms with Gasteiger partial charge in [0.2, 0.25) is 11.8 Å². The summed E-state index contributed by atoms with van der Waals surface area (Å²) in [6, 6.07) is 15.3. The molecule has 2 aromatic carbocycles. The summed E-state index contributed by atoms with van der Waals surface area (Å²) in [6.45, 7) is 8.09. The summed E-state index contributed by atoms with van der Waals surface area (Å²) in [6.07, 6.45) is 0.462. The van der Waals surface area contributed by atoms with Crippen LogP contribution in [0.1, 0.15) is 32.8 Å². The van der Waals surface area contributed by atoms with E-state index in [0.29, 0.717) is 12.2 Å². The van der Waals surface area contributed by atoms with Gasteiger partial charge in [0.05, 0.1) is 5.75 Å². The van der Waals surface area contributed by atoms with Crippen LogP contribution in [0.25, 0.3) is 0 Å². The minimum Gasteiger partial charge on any atom is -0.326 e. The molecular weight excluding hydrogens is 344 g/mol. The molecule has 0 aliphatic heterocycles. The van der Waals surface area contributed by atoms with Crippen LogP contribution in [0.5, 0.6) is 0 Å². The van der Waals surface area contributed by atoms with E-state index < -0.39 is 0 Å². The molecular formula is C21H26N2O2S. The van der Waals surface area contributed by atoms with Crippen molar-refractivity contribution < 1.29 is 9.59 Å². The minimum atomic E-state index is -0.0530. The van der Waals surface area contributed by atoms with Crippen molar-refractivity contribution in [1.29, 1.82) is 0 Å². The fraction of sp³-hybridized carbons (Fsp3) is 0.333. The van der Waals surface area contributed by atoms with E-state index in [1.54, 1.807) is 0 Å². The van der Waals surface area contributed by atoms with Crippen LogP contribution in [-0.2, 0) is 9.59 Å². The second-order valence-corrected chi connectivity index (χ2v) is 8.57. The van der Waals surface area contributed by atoms with E-state index in [1.165, 1.54) is 11.8 Å². The van der Waals surface area contributed by atoms with Gasteiger partial charge in [-0.3, -0.25) is 9.59 Å². The summed E-state index contributed by atoms with van der Waals surface area (Å²) >= 11 is 1.44. The van der Waals surface area contributed by atoms with E-state index in [9.17, 15) is 9.59 Å². The number of hydrogen-bond donors (Lipinski definition) is 2. The van der Waals surface area contributed by atoms with Gasteiger partial charge in [0.1, 0.15) is 0 Å². The molecule has 2 rings (SSSR count). The molecule has 0 saturated heterocycles. The predicted octanol–water partition coefficient (Wildman–Crippen LogP) is 5.10. The second kappa shape index (κ2) is 8.90. The summed E-state index contributed by atoms with van der Waals surface area (Å²) in [7, 11) is 0. The maximum absolute atomic E-state index is 12.1. The molecule has 0 radical (unpaired) electrons. The molecule has 0 fully saturated rings. The molecule has 2 N–H and O–H groups in total. The lowest BCUT2D eigenvalue weighted by atomic mass is 9.92. The Labute approximate surface area is 159 Å². The van der Waals surface area contributed by atoms with Crippen LogP contribution in [0.4, 0.5) is 11.4 Å². The molecule has 0 aliphatic rings. The summed E-state index contributed by atoms with van der Waals surface area (Å²) in [5, 5.41) is 5.82. The molecule has 4 nitrogen and oxygen atoms in total. The van der Waals surface area contributed by atoms with Gasteiger partial charge in [-0.25, -0.2) is 0 Å². The molecule has 2 aromatic rings. The first kappa shape index (κ1) is 20.0. The number of carbonyl (C=O) groups is 2. The van der Waals surface area contributed by atoms with Crippen molar-refractivity contribution in [3.05, 3.63) is 54.1 Å². The highest BCUT2D eigenvalue weighted by Gasteiger charge is 2.16. The van der Waals surface area contributed by atoms with Gasteiger partial charge in [-0.15, -0.1) is 11.8 Å². The monoisotopic (exact) mass is 370 g/mol. The van der Waals surface area contributed by atoms with Crippen molar-refractivity contribution in [3.8, 4) is 0 Å². The van der Waals surface area contributed by atoms with Crippen molar-refractivity contribution in [3.63, 3.8) is 0 Å². The van der Waals surface area contributed by atoms with Gasteiger partial charge in [0, 0.05) is 22.7 Å². The van der Waals surface area contributed by atoms with E-state index in [0.717, 1.165) is 21.8 Å². The van der Waals surface area contributed by atoms with E-state index >= 15 is 0 Å². The molecule has 5 heteroatoms. The molecule has 2 amide bonds. The summed E-state index contributed by atoms with van der Waals surface area (Å²) in [5.41, 5.74) is 2.61. The maximum atomic E-state index is 12.1. The predicted molar refractivity (Wildman–Crippen MR) is 110 cm³/mol.